The van der Waals surface area contributed by atoms with Gasteiger partial charge < -0.3 is 0 Å². The molecule has 1 amide bonds. The van der Waals surface area contributed by atoms with Gasteiger partial charge in [0.15, 0.2) is 17.5 Å². The van der Waals surface area contributed by atoms with E-state index < -0.39 is 23.4 Å². The summed E-state index contributed by atoms with van der Waals surface area (Å²) in [5.74, 6) is -5.08. The first kappa shape index (κ1) is 11.5. The zero-order chi connectivity index (χ0) is 11.6. The van der Waals surface area contributed by atoms with E-state index in [1.54, 1.807) is 0 Å². The third-order valence-electron chi connectivity index (χ3n) is 1.57. The maximum atomic E-state index is 12.7. The first-order valence-electron chi connectivity index (χ1n) is 4.04. The van der Waals surface area contributed by atoms with Crippen molar-refractivity contribution in [2.75, 3.05) is 14.1 Å². The summed E-state index contributed by atoms with van der Waals surface area (Å²) >= 11 is 0. The molecule has 1 rings (SSSR count). The molecule has 0 saturated carbocycles. The molecule has 15 heavy (non-hydrogen) atoms. The van der Waals surface area contributed by atoms with Gasteiger partial charge in [-0.2, -0.15) is 0 Å². The number of hydrazine groups is 1. The van der Waals surface area contributed by atoms with Crippen molar-refractivity contribution in [3.05, 3.63) is 35.1 Å². The van der Waals surface area contributed by atoms with E-state index in [0.717, 1.165) is 0 Å². The van der Waals surface area contributed by atoms with E-state index >= 15 is 0 Å². The van der Waals surface area contributed by atoms with E-state index in [0.29, 0.717) is 12.1 Å². The van der Waals surface area contributed by atoms with E-state index in [4.69, 9.17) is 0 Å². The Kier molecular flexibility index (Phi) is 3.31. The molecule has 0 unspecified atom stereocenters. The number of nitrogens with zero attached hydrogens (tertiary/aromatic N) is 1. The van der Waals surface area contributed by atoms with Crippen LogP contribution in [0.4, 0.5) is 13.2 Å². The van der Waals surface area contributed by atoms with Crippen LogP contribution in [-0.2, 0) is 0 Å². The average Bonchev–Trinajstić information content (AvgIpc) is 2.12. The number of hydrogen-bond acceptors (Lipinski definition) is 2. The number of benzene rings is 1. The van der Waals surface area contributed by atoms with Gasteiger partial charge in [-0.15, -0.1) is 0 Å². The Bertz CT molecular complexity index is 370. The molecule has 0 heterocycles. The standard InChI is InChI=1S/C9H9F3N2O/c1-14(2)13-9(15)5-3-6(10)8(12)7(11)4-5/h3-4H,1-2H3,(H,13,15). The van der Waals surface area contributed by atoms with E-state index in [9.17, 15) is 18.0 Å². The lowest BCUT2D eigenvalue weighted by atomic mass is 10.2. The summed E-state index contributed by atoms with van der Waals surface area (Å²) in [7, 11) is 3.07. The summed E-state index contributed by atoms with van der Waals surface area (Å²) in [6, 6.07) is 1.27. The molecule has 0 atom stereocenters. The molecule has 0 fully saturated rings. The smallest absolute Gasteiger partial charge is 0.265 e. The summed E-state index contributed by atoms with van der Waals surface area (Å²) < 4.78 is 38.0. The molecule has 0 spiro atoms. The molecule has 0 radical (unpaired) electrons. The summed E-state index contributed by atoms with van der Waals surface area (Å²) in [4.78, 5) is 11.3. The lowest BCUT2D eigenvalue weighted by Gasteiger charge is -2.11. The van der Waals surface area contributed by atoms with E-state index in [1.165, 1.54) is 19.1 Å². The Hall–Kier alpha value is -1.56. The van der Waals surface area contributed by atoms with Crippen LogP contribution in [0.25, 0.3) is 0 Å². The van der Waals surface area contributed by atoms with Crippen molar-refractivity contribution in [3.63, 3.8) is 0 Å². The van der Waals surface area contributed by atoms with Gasteiger partial charge in [0.1, 0.15) is 0 Å². The Morgan fingerprint density at radius 3 is 2.07 bits per heavy atom. The monoisotopic (exact) mass is 218 g/mol. The highest BCUT2D eigenvalue weighted by Gasteiger charge is 2.14. The van der Waals surface area contributed by atoms with Gasteiger partial charge in [0, 0.05) is 19.7 Å². The highest BCUT2D eigenvalue weighted by molar-refractivity contribution is 5.93. The third kappa shape index (κ3) is 2.69. The minimum atomic E-state index is -1.59. The van der Waals surface area contributed by atoms with Gasteiger partial charge in [-0.25, -0.2) is 18.2 Å². The topological polar surface area (TPSA) is 32.3 Å². The molecule has 3 nitrogen and oxygen atoms in total. The van der Waals surface area contributed by atoms with Crippen LogP contribution in [-0.4, -0.2) is 25.0 Å². The largest absolute Gasteiger partial charge is 0.285 e. The summed E-state index contributed by atoms with van der Waals surface area (Å²) in [6.45, 7) is 0. The number of hydrogen-bond donors (Lipinski definition) is 1. The first-order valence-corrected chi connectivity index (χ1v) is 4.04. The van der Waals surface area contributed by atoms with Crippen LogP contribution in [0.5, 0.6) is 0 Å². The Labute approximate surface area is 84.5 Å². The fraction of sp³-hybridized carbons (Fsp3) is 0.222. The van der Waals surface area contributed by atoms with Crippen LogP contribution in [0.1, 0.15) is 10.4 Å². The van der Waals surface area contributed by atoms with Gasteiger partial charge in [-0.05, 0) is 12.1 Å². The third-order valence-corrected chi connectivity index (χ3v) is 1.57. The van der Waals surface area contributed by atoms with Crippen LogP contribution in [0.15, 0.2) is 12.1 Å². The minimum Gasteiger partial charge on any atom is -0.285 e. The molecule has 0 aliphatic heterocycles. The van der Waals surface area contributed by atoms with Gasteiger partial charge in [0.2, 0.25) is 0 Å². The van der Waals surface area contributed by atoms with Crippen molar-refractivity contribution in [2.45, 2.75) is 0 Å². The number of rotatable bonds is 2. The summed E-state index contributed by atoms with van der Waals surface area (Å²) in [6.07, 6.45) is 0. The Morgan fingerprint density at radius 2 is 1.67 bits per heavy atom. The van der Waals surface area contributed by atoms with Gasteiger partial charge in [-0.3, -0.25) is 10.2 Å². The van der Waals surface area contributed by atoms with Crippen LogP contribution in [0.3, 0.4) is 0 Å². The molecule has 1 N–H and O–H groups in total. The molecule has 1 aromatic carbocycles. The fourth-order valence-corrected chi connectivity index (χ4v) is 0.954. The molecule has 0 bridgehead atoms. The molecule has 0 saturated heterocycles. The predicted molar refractivity (Wildman–Crippen MR) is 47.5 cm³/mol. The van der Waals surface area contributed by atoms with Crippen molar-refractivity contribution < 1.29 is 18.0 Å². The van der Waals surface area contributed by atoms with Crippen LogP contribution < -0.4 is 5.43 Å². The lowest BCUT2D eigenvalue weighted by molar-refractivity contribution is 0.0855. The van der Waals surface area contributed by atoms with Crippen molar-refractivity contribution in [1.29, 1.82) is 0 Å². The second kappa shape index (κ2) is 4.31. The maximum Gasteiger partial charge on any atom is 0.265 e. The molecular formula is C9H9F3N2O. The lowest BCUT2D eigenvalue weighted by Crippen LogP contribution is -2.36. The number of nitrogens with one attached hydrogen (secondary N) is 1. The summed E-state index contributed by atoms with van der Waals surface area (Å²) in [5.41, 5.74) is 1.99. The zero-order valence-electron chi connectivity index (χ0n) is 8.14. The van der Waals surface area contributed by atoms with Crippen LogP contribution >= 0.6 is 0 Å². The second-order valence-electron chi connectivity index (χ2n) is 3.09. The molecule has 1 aromatic rings. The van der Waals surface area contributed by atoms with Crippen molar-refractivity contribution in [1.82, 2.24) is 10.4 Å². The van der Waals surface area contributed by atoms with Crippen molar-refractivity contribution in [2.24, 2.45) is 0 Å². The molecule has 6 heteroatoms. The number of amides is 1. The van der Waals surface area contributed by atoms with Gasteiger partial charge in [0.25, 0.3) is 5.91 Å². The minimum absolute atomic E-state index is 0.278. The SMILES string of the molecule is CN(C)NC(=O)c1cc(F)c(F)c(F)c1. The van der Waals surface area contributed by atoms with E-state index in [2.05, 4.69) is 5.43 Å². The average molecular weight is 218 g/mol. The molecule has 0 aliphatic carbocycles. The van der Waals surface area contributed by atoms with Gasteiger partial charge >= 0.3 is 0 Å². The number of halogens is 3. The Morgan fingerprint density at radius 1 is 1.20 bits per heavy atom. The van der Waals surface area contributed by atoms with Crippen LogP contribution in [0, 0.1) is 17.5 Å². The maximum absolute atomic E-state index is 12.7. The van der Waals surface area contributed by atoms with Gasteiger partial charge in [-0.1, -0.05) is 0 Å². The van der Waals surface area contributed by atoms with E-state index in [-0.39, 0.29) is 5.56 Å². The zero-order valence-corrected chi connectivity index (χ0v) is 8.14. The molecule has 0 aromatic heterocycles. The number of carbonyl (C=O) groups is 1. The highest BCUT2D eigenvalue weighted by atomic mass is 19.2. The quantitative estimate of drug-likeness (QED) is 0.599. The first-order chi connectivity index (χ1) is 6.91. The number of carbonyl (C=O) groups excluding carboxylic acids is 1. The van der Waals surface area contributed by atoms with E-state index in [1.807, 2.05) is 0 Å². The highest BCUT2D eigenvalue weighted by Crippen LogP contribution is 2.13. The summed E-state index contributed by atoms with van der Waals surface area (Å²) in [5, 5.41) is 1.31. The molecule has 82 valence electrons. The van der Waals surface area contributed by atoms with Crippen LogP contribution in [0.2, 0.25) is 0 Å². The normalized spacial score (nSPS) is 10.5. The second-order valence-corrected chi connectivity index (χ2v) is 3.09. The fourth-order valence-electron chi connectivity index (χ4n) is 0.954. The van der Waals surface area contributed by atoms with Crippen molar-refractivity contribution in [3.8, 4) is 0 Å². The molecular weight excluding hydrogens is 209 g/mol. The van der Waals surface area contributed by atoms with Gasteiger partial charge in [0.05, 0.1) is 0 Å². The van der Waals surface area contributed by atoms with Crippen molar-refractivity contribution >= 4 is 5.91 Å². The molecule has 0 aliphatic rings. The predicted octanol–water partition coefficient (Wildman–Crippen LogP) is 1.31. The Balaban J connectivity index is 3.01.